The first-order chi connectivity index (χ1) is 9.81. The molecule has 2 atom stereocenters. The van der Waals surface area contributed by atoms with Crippen LogP contribution in [-0.2, 0) is 4.79 Å². The van der Waals surface area contributed by atoms with E-state index in [0.29, 0.717) is 19.2 Å². The monoisotopic (exact) mass is 274 g/mol. The van der Waals surface area contributed by atoms with Gasteiger partial charge in [0, 0.05) is 18.2 Å². The van der Waals surface area contributed by atoms with Gasteiger partial charge in [-0.1, -0.05) is 18.2 Å². The third-order valence-corrected chi connectivity index (χ3v) is 4.40. The minimum absolute atomic E-state index is 0.121. The molecule has 4 nitrogen and oxygen atoms in total. The second-order valence-electron chi connectivity index (χ2n) is 5.66. The zero-order valence-corrected chi connectivity index (χ0v) is 11.8. The highest BCUT2D eigenvalue weighted by molar-refractivity contribution is 5.86. The number of ether oxygens (including phenoxy) is 1. The molecule has 2 N–H and O–H groups in total. The van der Waals surface area contributed by atoms with Gasteiger partial charge in [0.1, 0.15) is 18.3 Å². The van der Waals surface area contributed by atoms with Crippen LogP contribution in [0.25, 0.3) is 0 Å². The minimum Gasteiger partial charge on any atom is -0.492 e. The predicted octanol–water partition coefficient (Wildman–Crippen LogP) is 1.89. The normalized spacial score (nSPS) is 24.6. The lowest BCUT2D eigenvalue weighted by Crippen LogP contribution is -2.39. The molecule has 1 fully saturated rings. The molecule has 0 aliphatic carbocycles. The van der Waals surface area contributed by atoms with Crippen molar-refractivity contribution in [2.75, 3.05) is 19.7 Å². The molecule has 20 heavy (non-hydrogen) atoms. The lowest BCUT2D eigenvalue weighted by atomic mass is 9.99. The number of hydrogen-bond acceptors (Lipinski definition) is 3. The van der Waals surface area contributed by atoms with Crippen molar-refractivity contribution < 1.29 is 9.53 Å². The maximum Gasteiger partial charge on any atom is 0.233 e. The summed E-state index contributed by atoms with van der Waals surface area (Å²) in [6.45, 7) is 2.07. The molecule has 0 bridgehead atoms. The maximum absolute atomic E-state index is 12.8. The van der Waals surface area contributed by atoms with Gasteiger partial charge in [0.15, 0.2) is 0 Å². The average molecular weight is 274 g/mol. The number of rotatable bonds is 4. The van der Waals surface area contributed by atoms with Gasteiger partial charge in [0.05, 0.1) is 0 Å². The van der Waals surface area contributed by atoms with E-state index < -0.39 is 0 Å². The predicted molar refractivity (Wildman–Crippen MR) is 77.7 cm³/mol. The average Bonchev–Trinajstić information content (AvgIpc) is 3.11. The van der Waals surface area contributed by atoms with Crippen LogP contribution in [-0.4, -0.2) is 36.5 Å². The van der Waals surface area contributed by atoms with Crippen molar-refractivity contribution >= 4 is 5.91 Å². The molecule has 3 rings (SSSR count). The molecule has 4 heteroatoms. The first-order valence-corrected chi connectivity index (χ1v) is 7.53. The summed E-state index contributed by atoms with van der Waals surface area (Å²) in [5.74, 6) is 0.975. The van der Waals surface area contributed by atoms with Crippen molar-refractivity contribution in [3.63, 3.8) is 0 Å². The molecule has 0 spiro atoms. The third-order valence-electron chi connectivity index (χ3n) is 4.40. The fraction of sp³-hybridized carbons (Fsp3) is 0.562. The summed E-state index contributed by atoms with van der Waals surface area (Å²) in [6.07, 6.45) is 4.24. The first-order valence-electron chi connectivity index (χ1n) is 7.53. The van der Waals surface area contributed by atoms with Gasteiger partial charge in [0.25, 0.3) is 0 Å². The van der Waals surface area contributed by atoms with Gasteiger partial charge in [-0.05, 0) is 38.3 Å². The van der Waals surface area contributed by atoms with Crippen molar-refractivity contribution in [1.29, 1.82) is 0 Å². The number of benzene rings is 1. The molecule has 0 saturated carbocycles. The molecule has 2 unspecified atom stereocenters. The summed E-state index contributed by atoms with van der Waals surface area (Å²) in [6, 6.07) is 8.25. The standard InChI is InChI=1S/C16H22N2O2/c17-9-3-5-12-6-4-10-18(12)16(19)14-11-20-15-8-2-1-7-13(14)15/h1-2,7-8,12,14H,3-6,9-11,17H2. The summed E-state index contributed by atoms with van der Waals surface area (Å²) < 4.78 is 5.64. The van der Waals surface area contributed by atoms with E-state index in [0.717, 1.165) is 43.5 Å². The lowest BCUT2D eigenvalue weighted by molar-refractivity contribution is -0.134. The highest BCUT2D eigenvalue weighted by Crippen LogP contribution is 2.36. The van der Waals surface area contributed by atoms with E-state index in [1.54, 1.807) is 0 Å². The minimum atomic E-state index is -0.121. The van der Waals surface area contributed by atoms with Crippen molar-refractivity contribution in [3.05, 3.63) is 29.8 Å². The summed E-state index contributed by atoms with van der Waals surface area (Å²) in [5.41, 5.74) is 6.63. The van der Waals surface area contributed by atoms with E-state index in [2.05, 4.69) is 4.90 Å². The zero-order chi connectivity index (χ0) is 13.9. The van der Waals surface area contributed by atoms with E-state index in [-0.39, 0.29) is 11.8 Å². The number of para-hydroxylation sites is 1. The van der Waals surface area contributed by atoms with E-state index >= 15 is 0 Å². The summed E-state index contributed by atoms with van der Waals surface area (Å²) >= 11 is 0. The Bertz CT molecular complexity index is 489. The van der Waals surface area contributed by atoms with E-state index in [1.807, 2.05) is 24.3 Å². The number of nitrogens with zero attached hydrogens (tertiary/aromatic N) is 1. The quantitative estimate of drug-likeness (QED) is 0.912. The summed E-state index contributed by atoms with van der Waals surface area (Å²) in [5, 5.41) is 0. The van der Waals surface area contributed by atoms with Crippen LogP contribution in [0.5, 0.6) is 5.75 Å². The molecule has 0 radical (unpaired) electrons. The highest BCUT2D eigenvalue weighted by Gasteiger charge is 2.37. The number of hydrogen-bond donors (Lipinski definition) is 1. The Labute approximate surface area is 119 Å². The summed E-state index contributed by atoms with van der Waals surface area (Å²) in [7, 11) is 0. The van der Waals surface area contributed by atoms with E-state index in [1.165, 1.54) is 0 Å². The van der Waals surface area contributed by atoms with Crippen molar-refractivity contribution in [2.45, 2.75) is 37.6 Å². The van der Waals surface area contributed by atoms with Crippen LogP contribution < -0.4 is 10.5 Å². The van der Waals surface area contributed by atoms with E-state index in [4.69, 9.17) is 10.5 Å². The van der Waals surface area contributed by atoms with Crippen LogP contribution in [0.15, 0.2) is 24.3 Å². The van der Waals surface area contributed by atoms with Gasteiger partial charge >= 0.3 is 0 Å². The van der Waals surface area contributed by atoms with E-state index in [9.17, 15) is 4.79 Å². The van der Waals surface area contributed by atoms with Gasteiger partial charge in [-0.3, -0.25) is 4.79 Å². The third kappa shape index (κ3) is 2.40. The Morgan fingerprint density at radius 1 is 1.40 bits per heavy atom. The smallest absolute Gasteiger partial charge is 0.233 e. The highest BCUT2D eigenvalue weighted by atomic mass is 16.5. The van der Waals surface area contributed by atoms with Crippen LogP contribution in [0, 0.1) is 0 Å². The van der Waals surface area contributed by atoms with Gasteiger partial charge in [-0.2, -0.15) is 0 Å². The number of fused-ring (bicyclic) bond motifs is 1. The number of carbonyl (C=O) groups excluding carboxylic acids is 1. The second-order valence-corrected chi connectivity index (χ2v) is 5.66. The van der Waals surface area contributed by atoms with Crippen LogP contribution in [0.4, 0.5) is 0 Å². The SMILES string of the molecule is NCCCC1CCCN1C(=O)C1COc2ccccc21. The molecule has 1 aromatic carbocycles. The number of amides is 1. The molecule has 2 heterocycles. The van der Waals surface area contributed by atoms with Crippen molar-refractivity contribution in [2.24, 2.45) is 5.73 Å². The van der Waals surface area contributed by atoms with Crippen LogP contribution in [0.3, 0.4) is 0 Å². The molecule has 2 aliphatic heterocycles. The Kier molecular flexibility index (Phi) is 3.92. The molecule has 0 aromatic heterocycles. The van der Waals surface area contributed by atoms with Gasteiger partial charge in [0.2, 0.25) is 5.91 Å². The fourth-order valence-electron chi connectivity index (χ4n) is 3.35. The zero-order valence-electron chi connectivity index (χ0n) is 11.8. The van der Waals surface area contributed by atoms with Gasteiger partial charge in [-0.25, -0.2) is 0 Å². The van der Waals surface area contributed by atoms with Gasteiger partial charge < -0.3 is 15.4 Å². The number of carbonyl (C=O) groups is 1. The molecule has 1 amide bonds. The molecule has 2 aliphatic rings. The summed E-state index contributed by atoms with van der Waals surface area (Å²) in [4.78, 5) is 14.9. The van der Waals surface area contributed by atoms with Gasteiger partial charge in [-0.15, -0.1) is 0 Å². The van der Waals surface area contributed by atoms with Crippen LogP contribution in [0.1, 0.15) is 37.2 Å². The molecule has 1 saturated heterocycles. The van der Waals surface area contributed by atoms with Crippen LogP contribution in [0.2, 0.25) is 0 Å². The molecular weight excluding hydrogens is 252 g/mol. The molecule has 108 valence electrons. The molecular formula is C16H22N2O2. The second kappa shape index (κ2) is 5.83. The Morgan fingerprint density at radius 3 is 3.10 bits per heavy atom. The Balaban J connectivity index is 1.73. The van der Waals surface area contributed by atoms with Crippen molar-refractivity contribution in [1.82, 2.24) is 4.90 Å². The molecule has 1 aromatic rings. The topological polar surface area (TPSA) is 55.6 Å². The first kappa shape index (κ1) is 13.4. The maximum atomic E-state index is 12.8. The Hall–Kier alpha value is -1.55. The Morgan fingerprint density at radius 2 is 2.25 bits per heavy atom. The number of nitrogens with two attached hydrogens (primary N) is 1. The number of likely N-dealkylation sites (tertiary alicyclic amines) is 1. The largest absolute Gasteiger partial charge is 0.492 e. The lowest BCUT2D eigenvalue weighted by Gasteiger charge is -2.27. The van der Waals surface area contributed by atoms with Crippen LogP contribution >= 0.6 is 0 Å². The van der Waals surface area contributed by atoms with Crippen molar-refractivity contribution in [3.8, 4) is 5.75 Å². The fourth-order valence-corrected chi connectivity index (χ4v) is 3.35.